The van der Waals surface area contributed by atoms with Crippen molar-refractivity contribution >= 4 is 10.0 Å². The molecule has 12 heavy (non-hydrogen) atoms. The molecule has 0 aliphatic rings. The van der Waals surface area contributed by atoms with Crippen molar-refractivity contribution in [3.8, 4) is 0 Å². The summed E-state index contributed by atoms with van der Waals surface area (Å²) < 4.78 is 24.1. The molecular weight excluding hydrogens is 176 g/mol. The van der Waals surface area contributed by atoms with Gasteiger partial charge in [0.25, 0.3) is 0 Å². The van der Waals surface area contributed by atoms with Crippen LogP contribution >= 0.6 is 0 Å². The fraction of sp³-hybridized carbons (Fsp3) is 1.00. The summed E-state index contributed by atoms with van der Waals surface area (Å²) in [5.74, 6) is 0.233. The second-order valence-corrected chi connectivity index (χ2v) is 5.08. The van der Waals surface area contributed by atoms with Crippen LogP contribution in [-0.2, 0) is 10.0 Å². The summed E-state index contributed by atoms with van der Waals surface area (Å²) >= 11 is 0. The Morgan fingerprint density at radius 1 is 1.25 bits per heavy atom. The minimum Gasteiger partial charge on any atom is -0.309 e. The highest BCUT2D eigenvalue weighted by molar-refractivity contribution is 7.89. The molecule has 0 saturated heterocycles. The summed E-state index contributed by atoms with van der Waals surface area (Å²) in [6.45, 7) is 0.944. The van der Waals surface area contributed by atoms with Crippen molar-refractivity contribution in [1.82, 2.24) is 9.62 Å². The SMILES string of the molecule is CNS(=O)(=O)CCCCN(C)C. The maximum absolute atomic E-state index is 10.9. The minimum atomic E-state index is -2.99. The molecule has 0 aliphatic heterocycles. The molecule has 0 atom stereocenters. The fourth-order valence-electron chi connectivity index (χ4n) is 0.822. The predicted octanol–water partition coefficient (Wildman–Crippen LogP) is -0.123. The average molecular weight is 194 g/mol. The third kappa shape index (κ3) is 6.57. The Morgan fingerprint density at radius 2 is 1.83 bits per heavy atom. The third-order valence-corrected chi connectivity index (χ3v) is 3.03. The van der Waals surface area contributed by atoms with E-state index in [9.17, 15) is 8.42 Å². The molecule has 0 aromatic rings. The summed E-state index contributed by atoms with van der Waals surface area (Å²) in [5, 5.41) is 0. The van der Waals surface area contributed by atoms with Crippen molar-refractivity contribution < 1.29 is 8.42 Å². The number of rotatable bonds is 6. The van der Waals surface area contributed by atoms with Gasteiger partial charge in [0.05, 0.1) is 5.75 Å². The van der Waals surface area contributed by atoms with Crippen LogP contribution in [0.4, 0.5) is 0 Å². The van der Waals surface area contributed by atoms with Gasteiger partial charge in [-0.2, -0.15) is 0 Å². The summed E-state index contributed by atoms with van der Waals surface area (Å²) in [5.41, 5.74) is 0. The molecule has 0 aromatic heterocycles. The standard InChI is InChI=1S/C7H18N2O2S/c1-8-12(10,11)7-5-4-6-9(2)3/h8H,4-7H2,1-3H3. The van der Waals surface area contributed by atoms with Crippen LogP contribution in [0.25, 0.3) is 0 Å². The number of nitrogens with one attached hydrogen (secondary N) is 1. The molecule has 1 N–H and O–H groups in total. The van der Waals surface area contributed by atoms with Crippen molar-refractivity contribution in [3.63, 3.8) is 0 Å². The van der Waals surface area contributed by atoms with E-state index in [4.69, 9.17) is 0 Å². The smallest absolute Gasteiger partial charge is 0.211 e. The molecule has 0 radical (unpaired) electrons. The molecule has 0 rings (SSSR count). The van der Waals surface area contributed by atoms with E-state index in [1.807, 2.05) is 19.0 Å². The minimum absolute atomic E-state index is 0.233. The second kappa shape index (κ2) is 5.50. The van der Waals surface area contributed by atoms with Gasteiger partial charge < -0.3 is 4.90 Å². The molecule has 0 heterocycles. The van der Waals surface area contributed by atoms with E-state index >= 15 is 0 Å². The van der Waals surface area contributed by atoms with Crippen LogP contribution in [0.15, 0.2) is 0 Å². The molecule has 5 heteroatoms. The maximum atomic E-state index is 10.9. The van der Waals surface area contributed by atoms with Crippen molar-refractivity contribution in [1.29, 1.82) is 0 Å². The van der Waals surface area contributed by atoms with Crippen molar-refractivity contribution in [3.05, 3.63) is 0 Å². The Bertz CT molecular complexity index is 199. The van der Waals surface area contributed by atoms with Crippen LogP contribution in [0.1, 0.15) is 12.8 Å². The molecule has 0 saturated carbocycles. The zero-order valence-corrected chi connectivity index (χ0v) is 8.82. The molecule has 0 fully saturated rings. The second-order valence-electron chi connectivity index (χ2n) is 3.03. The van der Waals surface area contributed by atoms with Gasteiger partial charge in [-0.3, -0.25) is 0 Å². The van der Waals surface area contributed by atoms with Gasteiger partial charge in [-0.15, -0.1) is 0 Å². The fourth-order valence-corrected chi connectivity index (χ4v) is 1.61. The van der Waals surface area contributed by atoms with Gasteiger partial charge in [0, 0.05) is 0 Å². The number of hydrogen-bond donors (Lipinski definition) is 1. The normalized spacial score (nSPS) is 12.3. The summed E-state index contributed by atoms with van der Waals surface area (Å²) in [6, 6.07) is 0. The largest absolute Gasteiger partial charge is 0.309 e. The molecule has 0 bridgehead atoms. The Balaban J connectivity index is 3.45. The Morgan fingerprint density at radius 3 is 2.25 bits per heavy atom. The highest BCUT2D eigenvalue weighted by atomic mass is 32.2. The Labute approximate surface area is 75.0 Å². The van der Waals surface area contributed by atoms with E-state index in [-0.39, 0.29) is 5.75 Å². The lowest BCUT2D eigenvalue weighted by atomic mass is 10.3. The van der Waals surface area contributed by atoms with Crippen LogP contribution in [0, 0.1) is 0 Å². The van der Waals surface area contributed by atoms with Gasteiger partial charge in [0.1, 0.15) is 0 Å². The Kier molecular flexibility index (Phi) is 5.44. The van der Waals surface area contributed by atoms with Crippen LogP contribution in [-0.4, -0.2) is 46.8 Å². The number of hydrogen-bond acceptors (Lipinski definition) is 3. The Hall–Kier alpha value is -0.130. The zero-order chi connectivity index (χ0) is 9.61. The summed E-state index contributed by atoms with van der Waals surface area (Å²) in [6.07, 6.45) is 1.65. The first kappa shape index (κ1) is 11.9. The van der Waals surface area contributed by atoms with Gasteiger partial charge >= 0.3 is 0 Å². The lowest BCUT2D eigenvalue weighted by Crippen LogP contribution is -2.22. The molecule has 4 nitrogen and oxygen atoms in total. The van der Waals surface area contributed by atoms with E-state index in [0.29, 0.717) is 0 Å². The van der Waals surface area contributed by atoms with Gasteiger partial charge in [0.15, 0.2) is 0 Å². The maximum Gasteiger partial charge on any atom is 0.211 e. The van der Waals surface area contributed by atoms with Crippen LogP contribution in [0.3, 0.4) is 0 Å². The van der Waals surface area contributed by atoms with Gasteiger partial charge in [-0.25, -0.2) is 13.1 Å². The van der Waals surface area contributed by atoms with E-state index in [1.54, 1.807) is 0 Å². The number of sulfonamides is 1. The molecule has 0 aliphatic carbocycles. The van der Waals surface area contributed by atoms with E-state index in [1.165, 1.54) is 7.05 Å². The zero-order valence-electron chi connectivity index (χ0n) is 8.00. The highest BCUT2D eigenvalue weighted by Gasteiger charge is 2.05. The van der Waals surface area contributed by atoms with Crippen LogP contribution in [0.5, 0.6) is 0 Å². The average Bonchev–Trinajstić information content (AvgIpc) is 1.98. The topological polar surface area (TPSA) is 49.4 Å². The molecule has 0 aromatic carbocycles. The monoisotopic (exact) mass is 194 g/mol. The van der Waals surface area contributed by atoms with Crippen molar-refractivity contribution in [2.75, 3.05) is 33.4 Å². The molecule has 0 amide bonds. The van der Waals surface area contributed by atoms with Gasteiger partial charge in [0.2, 0.25) is 10.0 Å². The van der Waals surface area contributed by atoms with Gasteiger partial charge in [-0.1, -0.05) is 0 Å². The highest BCUT2D eigenvalue weighted by Crippen LogP contribution is 1.94. The predicted molar refractivity (Wildman–Crippen MR) is 50.6 cm³/mol. The summed E-state index contributed by atoms with van der Waals surface area (Å²) in [7, 11) is 2.42. The quantitative estimate of drug-likeness (QED) is 0.600. The third-order valence-electron chi connectivity index (χ3n) is 1.58. The van der Waals surface area contributed by atoms with Crippen LogP contribution in [0.2, 0.25) is 0 Å². The molecule has 0 spiro atoms. The van der Waals surface area contributed by atoms with Gasteiger partial charge in [-0.05, 0) is 40.5 Å². The molecular formula is C7H18N2O2S. The van der Waals surface area contributed by atoms with E-state index in [0.717, 1.165) is 19.4 Å². The lowest BCUT2D eigenvalue weighted by Gasteiger charge is -2.08. The first-order chi connectivity index (χ1) is 5.48. The lowest BCUT2D eigenvalue weighted by molar-refractivity contribution is 0.398. The molecule has 74 valence electrons. The number of nitrogens with zero attached hydrogens (tertiary/aromatic N) is 1. The van der Waals surface area contributed by atoms with Crippen molar-refractivity contribution in [2.24, 2.45) is 0 Å². The van der Waals surface area contributed by atoms with E-state index in [2.05, 4.69) is 4.72 Å². The molecule has 0 unspecified atom stereocenters. The van der Waals surface area contributed by atoms with E-state index < -0.39 is 10.0 Å². The summed E-state index contributed by atoms with van der Waals surface area (Å²) in [4.78, 5) is 2.05. The van der Waals surface area contributed by atoms with Crippen molar-refractivity contribution in [2.45, 2.75) is 12.8 Å². The number of unbranched alkanes of at least 4 members (excludes halogenated alkanes) is 1. The van der Waals surface area contributed by atoms with Crippen LogP contribution < -0.4 is 4.72 Å². The first-order valence-corrected chi connectivity index (χ1v) is 5.69. The first-order valence-electron chi connectivity index (χ1n) is 4.04.